The van der Waals surface area contributed by atoms with E-state index >= 15 is 0 Å². The van der Waals surface area contributed by atoms with Gasteiger partial charge in [-0.3, -0.25) is 4.79 Å². The van der Waals surface area contributed by atoms with Crippen LogP contribution >= 0.6 is 0 Å². The van der Waals surface area contributed by atoms with Gasteiger partial charge in [-0.1, -0.05) is 42.5 Å². The van der Waals surface area contributed by atoms with E-state index in [1.165, 1.54) is 73.7 Å². The number of anilines is 2. The van der Waals surface area contributed by atoms with Gasteiger partial charge in [0, 0.05) is 16.9 Å². The largest absolute Gasteiger partial charge is 0.378 e. The maximum Gasteiger partial charge on any atom is 0.255 e. The standard InChI is InChI=1S/C37H40N2O/c40-37(38-30-11-8-23(9-12-30)33-28-15-21-14-22(17-28)18-29(33)16-21)27-10-13-32-31(20-27)34-25-6-7-26(19-25)35(34)36(39-32)24-4-2-1-3-5-24/h1-5,8-13,20-22,25-26,28-29,33-36,39H,6-7,14-19H2,(H,38,40)/t21?,22?,25-,26-,28?,29?,33?,34-,35+,36+/m0/s1. The first-order valence-corrected chi connectivity index (χ1v) is 16.0. The number of amides is 1. The minimum absolute atomic E-state index is 0.00932. The molecule has 40 heavy (non-hydrogen) atoms. The average Bonchev–Trinajstić information content (AvgIpc) is 3.60. The third-order valence-electron chi connectivity index (χ3n) is 12.3. The predicted molar refractivity (Wildman–Crippen MR) is 160 cm³/mol. The Morgan fingerprint density at radius 2 is 1.40 bits per heavy atom. The number of benzene rings is 3. The minimum atomic E-state index is 0.00932. The fourth-order valence-electron chi connectivity index (χ4n) is 11.1. The van der Waals surface area contributed by atoms with Crippen LogP contribution in [0.5, 0.6) is 0 Å². The number of nitrogens with one attached hydrogen (secondary N) is 2. The van der Waals surface area contributed by atoms with Crippen LogP contribution in [0.1, 0.15) is 96.3 Å². The molecule has 0 spiro atoms. The van der Waals surface area contributed by atoms with E-state index in [1.807, 2.05) is 6.07 Å². The Kier molecular flexibility index (Phi) is 5.29. The molecule has 0 unspecified atom stereocenters. The fourth-order valence-corrected chi connectivity index (χ4v) is 11.1. The summed E-state index contributed by atoms with van der Waals surface area (Å²) in [4.78, 5) is 13.5. The Morgan fingerprint density at radius 1 is 0.675 bits per heavy atom. The van der Waals surface area contributed by atoms with Crippen LogP contribution in [0.2, 0.25) is 0 Å². The molecule has 2 N–H and O–H groups in total. The van der Waals surface area contributed by atoms with Gasteiger partial charge in [-0.15, -0.1) is 0 Å². The fraction of sp³-hybridized carbons (Fsp3) is 0.486. The molecule has 0 saturated heterocycles. The second-order valence-electron chi connectivity index (χ2n) is 14.3. The van der Waals surface area contributed by atoms with E-state index in [0.717, 1.165) is 52.7 Å². The van der Waals surface area contributed by atoms with Crippen LogP contribution in [0.4, 0.5) is 11.4 Å². The van der Waals surface area contributed by atoms with Gasteiger partial charge in [0.25, 0.3) is 5.91 Å². The summed E-state index contributed by atoms with van der Waals surface area (Å²) < 4.78 is 0. The van der Waals surface area contributed by atoms with E-state index in [2.05, 4.69) is 77.4 Å². The Balaban J connectivity index is 0.956. The summed E-state index contributed by atoms with van der Waals surface area (Å²) in [7, 11) is 0. The van der Waals surface area contributed by atoms with Crippen LogP contribution in [0.15, 0.2) is 72.8 Å². The average molecular weight is 529 g/mol. The zero-order valence-corrected chi connectivity index (χ0v) is 23.3. The second-order valence-corrected chi connectivity index (χ2v) is 14.3. The summed E-state index contributed by atoms with van der Waals surface area (Å²) in [5.74, 6) is 7.22. The number of carbonyl (C=O) groups excluding carboxylic acids is 1. The van der Waals surface area contributed by atoms with E-state index in [1.54, 1.807) is 0 Å². The van der Waals surface area contributed by atoms with Gasteiger partial charge in [-0.05, 0) is 152 Å². The van der Waals surface area contributed by atoms with Crippen molar-refractivity contribution in [3.05, 3.63) is 95.1 Å². The van der Waals surface area contributed by atoms with E-state index < -0.39 is 0 Å². The molecule has 3 heteroatoms. The molecule has 10 rings (SSSR count). The summed E-state index contributed by atoms with van der Waals surface area (Å²) in [5, 5.41) is 7.14. The van der Waals surface area contributed by atoms with Crippen LogP contribution in [-0.2, 0) is 0 Å². The van der Waals surface area contributed by atoms with Crippen molar-refractivity contribution < 1.29 is 4.79 Å². The predicted octanol–water partition coefficient (Wildman–Crippen LogP) is 8.78. The highest BCUT2D eigenvalue weighted by Gasteiger charge is 2.54. The number of hydrogen-bond acceptors (Lipinski definition) is 2. The van der Waals surface area contributed by atoms with Crippen LogP contribution in [0.3, 0.4) is 0 Å². The number of hydrogen-bond donors (Lipinski definition) is 2. The zero-order chi connectivity index (χ0) is 26.4. The molecule has 6 fully saturated rings. The van der Waals surface area contributed by atoms with E-state index in [-0.39, 0.29) is 5.91 Å². The van der Waals surface area contributed by atoms with Crippen molar-refractivity contribution in [2.24, 2.45) is 41.4 Å². The van der Waals surface area contributed by atoms with Crippen LogP contribution < -0.4 is 10.6 Å². The molecule has 6 aliphatic carbocycles. The molecular formula is C37H40N2O. The molecule has 204 valence electrons. The van der Waals surface area contributed by atoms with Gasteiger partial charge in [0.2, 0.25) is 0 Å². The molecule has 1 heterocycles. The van der Waals surface area contributed by atoms with Crippen molar-refractivity contribution in [3.8, 4) is 0 Å². The molecule has 0 aromatic heterocycles. The molecule has 5 atom stereocenters. The smallest absolute Gasteiger partial charge is 0.255 e. The topological polar surface area (TPSA) is 41.1 Å². The first-order chi connectivity index (χ1) is 19.7. The SMILES string of the molecule is O=C(Nc1ccc(C2C3CC4CC(C3)CC2C4)cc1)c1ccc2c(c1)[C@@H]1[C@H]3CC[C@@H](C3)[C@H]1[C@@H](c1ccccc1)N2. The summed E-state index contributed by atoms with van der Waals surface area (Å²) in [6.45, 7) is 0. The molecule has 6 bridgehead atoms. The highest BCUT2D eigenvalue weighted by atomic mass is 16.1. The third-order valence-corrected chi connectivity index (χ3v) is 12.3. The maximum atomic E-state index is 13.5. The van der Waals surface area contributed by atoms with E-state index in [9.17, 15) is 4.79 Å². The number of fused-ring (bicyclic) bond motifs is 7. The maximum absolute atomic E-state index is 13.5. The van der Waals surface area contributed by atoms with Crippen molar-refractivity contribution in [2.45, 2.75) is 69.2 Å². The zero-order valence-electron chi connectivity index (χ0n) is 23.3. The molecule has 1 aliphatic heterocycles. The van der Waals surface area contributed by atoms with Gasteiger partial charge < -0.3 is 10.6 Å². The molecule has 3 aromatic rings. The quantitative estimate of drug-likeness (QED) is 0.355. The summed E-state index contributed by atoms with van der Waals surface area (Å²) >= 11 is 0. The van der Waals surface area contributed by atoms with Crippen molar-refractivity contribution in [3.63, 3.8) is 0 Å². The molecule has 1 amide bonds. The molecular weight excluding hydrogens is 488 g/mol. The van der Waals surface area contributed by atoms with Gasteiger partial charge in [0.1, 0.15) is 0 Å². The van der Waals surface area contributed by atoms with Crippen LogP contribution in [0.25, 0.3) is 0 Å². The van der Waals surface area contributed by atoms with Crippen LogP contribution in [-0.4, -0.2) is 5.91 Å². The molecule has 6 saturated carbocycles. The van der Waals surface area contributed by atoms with Crippen molar-refractivity contribution in [1.82, 2.24) is 0 Å². The first kappa shape index (κ1) is 23.6. The van der Waals surface area contributed by atoms with Gasteiger partial charge in [-0.25, -0.2) is 0 Å². The number of carbonyl (C=O) groups is 1. The van der Waals surface area contributed by atoms with E-state index in [4.69, 9.17) is 0 Å². The monoisotopic (exact) mass is 528 g/mol. The normalized spacial score (nSPS) is 38.0. The molecule has 0 radical (unpaired) electrons. The van der Waals surface area contributed by atoms with Crippen molar-refractivity contribution in [1.29, 1.82) is 0 Å². The van der Waals surface area contributed by atoms with Crippen molar-refractivity contribution >= 4 is 17.3 Å². The third kappa shape index (κ3) is 3.65. The second kappa shape index (κ2) is 8.96. The van der Waals surface area contributed by atoms with Gasteiger partial charge in [0.05, 0.1) is 6.04 Å². The summed E-state index contributed by atoms with van der Waals surface area (Å²) in [6.07, 6.45) is 11.3. The Bertz CT molecular complexity index is 1420. The van der Waals surface area contributed by atoms with Crippen molar-refractivity contribution in [2.75, 3.05) is 10.6 Å². The summed E-state index contributed by atoms with van der Waals surface area (Å²) in [5.41, 5.74) is 7.19. The van der Waals surface area contributed by atoms with E-state index in [0.29, 0.717) is 17.9 Å². The highest BCUT2D eigenvalue weighted by Crippen LogP contribution is 2.64. The van der Waals surface area contributed by atoms with Gasteiger partial charge in [-0.2, -0.15) is 0 Å². The van der Waals surface area contributed by atoms with Crippen LogP contribution in [0, 0.1) is 41.4 Å². The lowest BCUT2D eigenvalue weighted by molar-refractivity contribution is -0.00277. The Hall–Kier alpha value is -3.07. The molecule has 7 aliphatic rings. The lowest BCUT2D eigenvalue weighted by Crippen LogP contribution is -2.43. The summed E-state index contributed by atoms with van der Waals surface area (Å²) in [6, 6.07) is 26.7. The first-order valence-electron chi connectivity index (χ1n) is 16.0. The minimum Gasteiger partial charge on any atom is -0.378 e. The Morgan fingerprint density at radius 3 is 2.15 bits per heavy atom. The number of rotatable bonds is 4. The lowest BCUT2D eigenvalue weighted by Gasteiger charge is -2.54. The van der Waals surface area contributed by atoms with Gasteiger partial charge >= 0.3 is 0 Å². The lowest BCUT2D eigenvalue weighted by atomic mass is 9.51. The van der Waals surface area contributed by atoms with Gasteiger partial charge in [0.15, 0.2) is 0 Å². The highest BCUT2D eigenvalue weighted by molar-refractivity contribution is 6.04. The molecule has 3 aromatic carbocycles. The Labute approximate surface area is 238 Å². The molecule has 3 nitrogen and oxygen atoms in total.